The van der Waals surface area contributed by atoms with E-state index in [1.54, 1.807) is 6.07 Å². The second kappa shape index (κ2) is 7.41. The molecule has 2 aliphatic rings. The molecule has 3 aromatic rings. The molecule has 162 valence electrons. The summed E-state index contributed by atoms with van der Waals surface area (Å²) in [6.45, 7) is 8.96. The summed E-state index contributed by atoms with van der Waals surface area (Å²) in [7, 11) is 2.12. The minimum absolute atomic E-state index is 0.0295. The Kier molecular flexibility index (Phi) is 4.94. The van der Waals surface area contributed by atoms with Crippen molar-refractivity contribution in [1.82, 2.24) is 15.1 Å². The molecule has 0 radical (unpaired) electrons. The highest BCUT2D eigenvalue weighted by Crippen LogP contribution is 2.44. The zero-order valence-electron chi connectivity index (χ0n) is 18.3. The fraction of sp³-hybridized carbons (Fsp3) is 0.417. The summed E-state index contributed by atoms with van der Waals surface area (Å²) < 4.78 is 16.3. The molecule has 2 aliphatic heterocycles. The van der Waals surface area contributed by atoms with Gasteiger partial charge in [-0.15, -0.1) is 5.10 Å². The van der Waals surface area contributed by atoms with E-state index in [0.717, 1.165) is 47.0 Å². The number of benzene rings is 2. The molecule has 2 saturated heterocycles. The van der Waals surface area contributed by atoms with E-state index >= 15 is 4.39 Å². The largest absolute Gasteiger partial charge is 0.362 e. The van der Waals surface area contributed by atoms with Crippen molar-refractivity contribution >= 4 is 38.2 Å². The molecule has 3 heterocycles. The van der Waals surface area contributed by atoms with Crippen LogP contribution in [-0.2, 0) is 0 Å². The van der Waals surface area contributed by atoms with Crippen molar-refractivity contribution in [2.45, 2.75) is 38.8 Å². The van der Waals surface area contributed by atoms with E-state index in [4.69, 9.17) is 0 Å². The highest BCUT2D eigenvalue weighted by molar-refractivity contribution is 9.10. The van der Waals surface area contributed by atoms with Crippen LogP contribution >= 0.6 is 15.9 Å². The lowest BCUT2D eigenvalue weighted by Gasteiger charge is -2.63. The van der Waals surface area contributed by atoms with Gasteiger partial charge in [-0.2, -0.15) is 5.10 Å². The van der Waals surface area contributed by atoms with Gasteiger partial charge in [-0.3, -0.25) is 0 Å². The average molecular weight is 484 g/mol. The minimum atomic E-state index is -0.181. The standard InChI is InChI=1S/C24H27BrFN5/c1-14-17(6-5-7-20(14)25)15(2)27-23-19-11-22(21(26)10-18(19)16(3)28-29-23)31-9-8-24(31)12-30(4)13-24/h5-7,10-11,15H,8-9,12-13H2,1-4H3,(H,27,29)/t15-/m1/s1. The second-order valence-corrected chi connectivity index (χ2v) is 9.96. The quantitative estimate of drug-likeness (QED) is 0.551. The first-order valence-corrected chi connectivity index (χ1v) is 11.5. The van der Waals surface area contributed by atoms with Crippen LogP contribution in [0.2, 0.25) is 0 Å². The van der Waals surface area contributed by atoms with Crippen molar-refractivity contribution in [3.8, 4) is 0 Å². The highest BCUT2D eigenvalue weighted by Gasteiger charge is 2.52. The van der Waals surface area contributed by atoms with Crippen LogP contribution in [0.25, 0.3) is 10.8 Å². The number of aryl methyl sites for hydroxylation is 1. The lowest BCUT2D eigenvalue weighted by atomic mass is 9.77. The summed E-state index contributed by atoms with van der Waals surface area (Å²) in [5.41, 5.74) is 3.88. The number of likely N-dealkylation sites (tertiary alicyclic amines) is 1. The van der Waals surface area contributed by atoms with Crippen LogP contribution in [0.3, 0.4) is 0 Å². The first-order valence-electron chi connectivity index (χ1n) is 10.7. The van der Waals surface area contributed by atoms with Crippen molar-refractivity contribution in [3.63, 3.8) is 0 Å². The van der Waals surface area contributed by atoms with Gasteiger partial charge in [-0.25, -0.2) is 4.39 Å². The van der Waals surface area contributed by atoms with Gasteiger partial charge in [-0.1, -0.05) is 28.1 Å². The lowest BCUT2D eigenvalue weighted by Crippen LogP contribution is -2.76. The van der Waals surface area contributed by atoms with E-state index in [1.165, 1.54) is 11.1 Å². The number of hydrogen-bond acceptors (Lipinski definition) is 5. The van der Waals surface area contributed by atoms with E-state index in [0.29, 0.717) is 11.5 Å². The van der Waals surface area contributed by atoms with E-state index in [9.17, 15) is 0 Å². The van der Waals surface area contributed by atoms with E-state index < -0.39 is 0 Å². The molecule has 31 heavy (non-hydrogen) atoms. The summed E-state index contributed by atoms with van der Waals surface area (Å²) in [5, 5.41) is 14.0. The number of fused-ring (bicyclic) bond motifs is 1. The Morgan fingerprint density at radius 2 is 1.94 bits per heavy atom. The second-order valence-electron chi connectivity index (χ2n) is 9.10. The molecule has 1 spiro atoms. The third-order valence-electron chi connectivity index (χ3n) is 6.95. The van der Waals surface area contributed by atoms with Crippen LogP contribution in [0.4, 0.5) is 15.9 Å². The van der Waals surface area contributed by atoms with Gasteiger partial charge in [0.15, 0.2) is 5.82 Å². The number of hydrogen-bond donors (Lipinski definition) is 1. The fourth-order valence-electron chi connectivity index (χ4n) is 5.18. The first kappa shape index (κ1) is 20.6. The molecule has 1 atom stereocenters. The maximum atomic E-state index is 15.2. The van der Waals surface area contributed by atoms with E-state index in [1.807, 2.05) is 25.1 Å². The number of nitrogens with zero attached hydrogens (tertiary/aromatic N) is 4. The Morgan fingerprint density at radius 1 is 1.16 bits per heavy atom. The Balaban J connectivity index is 1.54. The van der Waals surface area contributed by atoms with Crippen molar-refractivity contribution < 1.29 is 4.39 Å². The van der Waals surface area contributed by atoms with E-state index in [-0.39, 0.29) is 17.4 Å². The smallest absolute Gasteiger partial charge is 0.157 e. The Bertz CT molecular complexity index is 1170. The molecule has 2 fully saturated rings. The molecule has 0 unspecified atom stereocenters. The van der Waals surface area contributed by atoms with Crippen LogP contribution < -0.4 is 10.2 Å². The van der Waals surface area contributed by atoms with Crippen LogP contribution in [0, 0.1) is 19.7 Å². The molecular formula is C24H27BrFN5. The summed E-state index contributed by atoms with van der Waals surface area (Å²) in [5.74, 6) is 0.507. The average Bonchev–Trinajstić information content (AvgIpc) is 2.69. The summed E-state index contributed by atoms with van der Waals surface area (Å²) in [6.07, 6.45) is 1.12. The molecule has 0 amide bonds. The van der Waals surface area contributed by atoms with Gasteiger partial charge < -0.3 is 15.1 Å². The number of aromatic nitrogens is 2. The maximum absolute atomic E-state index is 15.2. The number of nitrogens with one attached hydrogen (secondary N) is 1. The molecule has 0 bridgehead atoms. The van der Waals surface area contributed by atoms with Crippen LogP contribution in [-0.4, -0.2) is 47.3 Å². The zero-order valence-corrected chi connectivity index (χ0v) is 19.9. The lowest BCUT2D eigenvalue weighted by molar-refractivity contribution is 0.0463. The molecule has 2 aromatic carbocycles. The molecule has 5 nitrogen and oxygen atoms in total. The summed E-state index contributed by atoms with van der Waals surface area (Å²) >= 11 is 3.62. The molecule has 0 aliphatic carbocycles. The SMILES string of the molecule is Cc1c(Br)cccc1[C@@H](C)Nc1nnc(C)c2cc(F)c(N3CCC34CN(C)C4)cc12. The molecule has 0 saturated carbocycles. The predicted octanol–water partition coefficient (Wildman–Crippen LogP) is 5.22. The molecule has 1 N–H and O–H groups in total. The number of anilines is 2. The molecule has 7 heteroatoms. The Labute approximate surface area is 190 Å². The van der Waals surface area contributed by atoms with Crippen molar-refractivity contribution in [1.29, 1.82) is 0 Å². The zero-order chi connectivity index (χ0) is 21.9. The third kappa shape index (κ3) is 3.29. The Hall–Kier alpha value is -2.25. The Morgan fingerprint density at radius 3 is 2.61 bits per heavy atom. The topological polar surface area (TPSA) is 44.3 Å². The van der Waals surface area contributed by atoms with Gasteiger partial charge in [0.25, 0.3) is 0 Å². The number of likely N-dealkylation sites (N-methyl/N-ethyl adjacent to an activating group) is 1. The maximum Gasteiger partial charge on any atom is 0.157 e. The highest BCUT2D eigenvalue weighted by atomic mass is 79.9. The van der Waals surface area contributed by atoms with Crippen molar-refractivity contribution in [3.05, 3.63) is 57.4 Å². The van der Waals surface area contributed by atoms with Crippen LogP contribution in [0.1, 0.15) is 36.2 Å². The van der Waals surface area contributed by atoms with Crippen LogP contribution in [0.5, 0.6) is 0 Å². The number of halogens is 2. The van der Waals surface area contributed by atoms with E-state index in [2.05, 4.69) is 68.2 Å². The minimum Gasteiger partial charge on any atom is -0.362 e. The van der Waals surface area contributed by atoms with Gasteiger partial charge in [0.1, 0.15) is 5.82 Å². The monoisotopic (exact) mass is 483 g/mol. The first-order chi connectivity index (χ1) is 14.8. The summed E-state index contributed by atoms with van der Waals surface area (Å²) in [6, 6.07) is 9.82. The normalized spacial score (nSPS) is 18.7. The molecule has 1 aromatic heterocycles. The van der Waals surface area contributed by atoms with Gasteiger partial charge >= 0.3 is 0 Å². The van der Waals surface area contributed by atoms with Gasteiger partial charge in [0.2, 0.25) is 0 Å². The van der Waals surface area contributed by atoms with Gasteiger partial charge in [0.05, 0.1) is 23.0 Å². The van der Waals surface area contributed by atoms with Crippen molar-refractivity contribution in [2.24, 2.45) is 0 Å². The molecule has 5 rings (SSSR count). The van der Waals surface area contributed by atoms with Crippen molar-refractivity contribution in [2.75, 3.05) is 36.9 Å². The predicted molar refractivity (Wildman–Crippen MR) is 127 cm³/mol. The number of rotatable bonds is 4. The van der Waals surface area contributed by atoms with Gasteiger partial charge in [0, 0.05) is 34.9 Å². The summed E-state index contributed by atoms with van der Waals surface area (Å²) in [4.78, 5) is 4.53. The van der Waals surface area contributed by atoms with Gasteiger partial charge in [-0.05, 0) is 63.6 Å². The van der Waals surface area contributed by atoms with Crippen LogP contribution in [0.15, 0.2) is 34.8 Å². The molecular weight excluding hydrogens is 457 g/mol. The third-order valence-corrected chi connectivity index (χ3v) is 7.81. The fourth-order valence-corrected chi connectivity index (χ4v) is 5.56.